The van der Waals surface area contributed by atoms with E-state index in [9.17, 15) is 0 Å². The molecule has 10 nitrogen and oxygen atoms in total. The summed E-state index contributed by atoms with van der Waals surface area (Å²) in [4.78, 5) is 18.1. The zero-order valence-corrected chi connectivity index (χ0v) is 19.7. The third-order valence-corrected chi connectivity index (χ3v) is 7.24. The number of nitrogens with two attached hydrogens (primary N) is 1. The lowest BCUT2D eigenvalue weighted by molar-refractivity contribution is 0.0662. The maximum Gasteiger partial charge on any atom is 0.261 e. The van der Waals surface area contributed by atoms with Crippen molar-refractivity contribution in [3.8, 4) is 22.7 Å². The highest BCUT2D eigenvalue weighted by Crippen LogP contribution is 2.50. The standard InChI is InChI=1S/C25H28N8O2/c1-25(18-2-3-18,19-4-5-21(27-14-19)16-11-28-22(10-26)29-12-16)24-31-23(35-32-24)17-13-30-33(15-17)20-6-8-34-9-7-20/h4-5,11-15,18,20H,2-3,6-10,26H2,1H3/t25-/m1/s1. The Kier molecular flexibility index (Phi) is 5.62. The molecule has 2 fully saturated rings. The molecule has 180 valence electrons. The number of hydrogen-bond acceptors (Lipinski definition) is 9. The first kappa shape index (κ1) is 22.0. The summed E-state index contributed by atoms with van der Waals surface area (Å²) >= 11 is 0. The molecule has 2 aliphatic rings. The maximum atomic E-state index is 5.73. The second-order valence-electron chi connectivity index (χ2n) is 9.48. The molecule has 0 radical (unpaired) electrons. The monoisotopic (exact) mass is 472 g/mol. The van der Waals surface area contributed by atoms with Gasteiger partial charge in [-0.3, -0.25) is 9.67 Å². The predicted molar refractivity (Wildman–Crippen MR) is 127 cm³/mol. The molecule has 0 aromatic carbocycles. The van der Waals surface area contributed by atoms with Crippen LogP contribution in [0.5, 0.6) is 0 Å². The Labute approximate surface area is 203 Å². The van der Waals surface area contributed by atoms with Crippen LogP contribution in [-0.2, 0) is 16.7 Å². The summed E-state index contributed by atoms with van der Waals surface area (Å²) in [6, 6.07) is 4.44. The van der Waals surface area contributed by atoms with Crippen LogP contribution in [0.1, 0.15) is 55.9 Å². The van der Waals surface area contributed by atoms with Crippen molar-refractivity contribution in [3.63, 3.8) is 0 Å². The SMILES string of the molecule is C[C@@](c1ccc(-c2cnc(CN)nc2)nc1)(c1noc(-c2cnn(C3CCOCC3)c2)n1)C1CC1. The van der Waals surface area contributed by atoms with Gasteiger partial charge in [0.2, 0.25) is 0 Å². The van der Waals surface area contributed by atoms with Crippen molar-refractivity contribution in [1.82, 2.24) is 34.9 Å². The molecule has 1 aliphatic carbocycles. The first-order valence-corrected chi connectivity index (χ1v) is 12.1. The smallest absolute Gasteiger partial charge is 0.261 e. The van der Waals surface area contributed by atoms with Crippen molar-refractivity contribution in [2.45, 2.75) is 50.6 Å². The van der Waals surface area contributed by atoms with Crippen LogP contribution in [0.2, 0.25) is 0 Å². The molecule has 1 aliphatic heterocycles. The fraction of sp³-hybridized carbons (Fsp3) is 0.440. The summed E-state index contributed by atoms with van der Waals surface area (Å²) in [5.41, 5.74) is 8.78. The summed E-state index contributed by atoms with van der Waals surface area (Å²) < 4.78 is 13.2. The minimum Gasteiger partial charge on any atom is -0.381 e. The largest absolute Gasteiger partial charge is 0.381 e. The van der Waals surface area contributed by atoms with Crippen LogP contribution in [0, 0.1) is 5.92 Å². The molecule has 1 saturated heterocycles. The second-order valence-corrected chi connectivity index (χ2v) is 9.48. The quantitative estimate of drug-likeness (QED) is 0.430. The van der Waals surface area contributed by atoms with Gasteiger partial charge in [-0.1, -0.05) is 11.2 Å². The molecule has 35 heavy (non-hydrogen) atoms. The van der Waals surface area contributed by atoms with Crippen LogP contribution < -0.4 is 5.73 Å². The highest BCUT2D eigenvalue weighted by Gasteiger charge is 2.47. The molecule has 1 saturated carbocycles. The second kappa shape index (κ2) is 8.94. The van der Waals surface area contributed by atoms with Gasteiger partial charge in [0.1, 0.15) is 5.82 Å². The first-order valence-electron chi connectivity index (χ1n) is 12.1. The van der Waals surface area contributed by atoms with Gasteiger partial charge in [0.15, 0.2) is 5.82 Å². The molecule has 2 N–H and O–H groups in total. The highest BCUT2D eigenvalue weighted by molar-refractivity contribution is 5.57. The van der Waals surface area contributed by atoms with E-state index in [0.717, 1.165) is 61.3 Å². The molecule has 10 heteroatoms. The number of pyridine rings is 1. The van der Waals surface area contributed by atoms with Gasteiger partial charge in [0, 0.05) is 43.6 Å². The van der Waals surface area contributed by atoms with Gasteiger partial charge in [-0.2, -0.15) is 10.1 Å². The summed E-state index contributed by atoms with van der Waals surface area (Å²) in [6.45, 7) is 4.03. The van der Waals surface area contributed by atoms with E-state index in [4.69, 9.17) is 25.0 Å². The zero-order valence-electron chi connectivity index (χ0n) is 19.7. The van der Waals surface area contributed by atoms with E-state index in [-0.39, 0.29) is 5.41 Å². The Morgan fingerprint density at radius 3 is 2.49 bits per heavy atom. The minimum atomic E-state index is -0.385. The van der Waals surface area contributed by atoms with E-state index >= 15 is 0 Å². The summed E-state index contributed by atoms with van der Waals surface area (Å²) in [6.07, 6.45) is 13.4. The Hall–Kier alpha value is -3.50. The fourth-order valence-electron chi connectivity index (χ4n) is 4.82. The van der Waals surface area contributed by atoms with Crippen molar-refractivity contribution < 1.29 is 9.26 Å². The lowest BCUT2D eigenvalue weighted by Crippen LogP contribution is -2.28. The van der Waals surface area contributed by atoms with E-state index in [1.165, 1.54) is 0 Å². The van der Waals surface area contributed by atoms with Gasteiger partial charge < -0.3 is 15.0 Å². The number of nitrogens with zero attached hydrogens (tertiary/aromatic N) is 7. The van der Waals surface area contributed by atoms with E-state index in [0.29, 0.717) is 36.0 Å². The molecular weight excluding hydrogens is 444 g/mol. The molecule has 0 amide bonds. The van der Waals surface area contributed by atoms with Gasteiger partial charge in [0.25, 0.3) is 5.89 Å². The lowest BCUT2D eigenvalue weighted by atomic mass is 9.77. The predicted octanol–water partition coefficient (Wildman–Crippen LogP) is 3.31. The molecule has 6 rings (SSSR count). The number of rotatable bonds is 7. The molecule has 1 atom stereocenters. The van der Waals surface area contributed by atoms with Gasteiger partial charge in [-0.15, -0.1) is 0 Å². The highest BCUT2D eigenvalue weighted by atomic mass is 16.5. The third kappa shape index (κ3) is 4.12. The summed E-state index contributed by atoms with van der Waals surface area (Å²) in [5, 5.41) is 8.97. The van der Waals surface area contributed by atoms with Crippen LogP contribution in [0.15, 0.2) is 47.6 Å². The van der Waals surface area contributed by atoms with Crippen molar-refractivity contribution in [1.29, 1.82) is 0 Å². The van der Waals surface area contributed by atoms with Crippen molar-refractivity contribution in [2.24, 2.45) is 11.7 Å². The van der Waals surface area contributed by atoms with Crippen LogP contribution in [0.4, 0.5) is 0 Å². The van der Waals surface area contributed by atoms with Crippen molar-refractivity contribution in [2.75, 3.05) is 13.2 Å². The summed E-state index contributed by atoms with van der Waals surface area (Å²) in [5.74, 6) is 2.22. The van der Waals surface area contributed by atoms with Gasteiger partial charge in [0.05, 0.1) is 35.5 Å². The fourth-order valence-corrected chi connectivity index (χ4v) is 4.82. The van der Waals surface area contributed by atoms with Crippen LogP contribution >= 0.6 is 0 Å². The van der Waals surface area contributed by atoms with Gasteiger partial charge >= 0.3 is 0 Å². The Balaban J connectivity index is 1.27. The minimum absolute atomic E-state index is 0.315. The third-order valence-electron chi connectivity index (χ3n) is 7.24. The summed E-state index contributed by atoms with van der Waals surface area (Å²) in [7, 11) is 0. The van der Waals surface area contributed by atoms with E-state index in [1.807, 2.05) is 23.1 Å². The maximum absolute atomic E-state index is 5.73. The Bertz CT molecular complexity index is 1290. The number of aromatic nitrogens is 7. The average Bonchev–Trinajstić information content (AvgIpc) is 3.45. The lowest BCUT2D eigenvalue weighted by Gasteiger charge is -2.26. The van der Waals surface area contributed by atoms with Crippen LogP contribution in [0.3, 0.4) is 0 Å². The topological polar surface area (TPSA) is 131 Å². The van der Waals surface area contributed by atoms with E-state index in [2.05, 4.69) is 33.2 Å². The van der Waals surface area contributed by atoms with E-state index in [1.54, 1.807) is 18.6 Å². The van der Waals surface area contributed by atoms with Crippen LogP contribution in [-0.4, -0.2) is 48.1 Å². The van der Waals surface area contributed by atoms with Gasteiger partial charge in [-0.25, -0.2) is 9.97 Å². The van der Waals surface area contributed by atoms with E-state index < -0.39 is 0 Å². The zero-order chi connectivity index (χ0) is 23.8. The normalized spacial score (nSPS) is 18.5. The molecule has 0 unspecified atom stereocenters. The molecular formula is C25H28N8O2. The number of ether oxygens (including phenoxy) is 1. The first-order chi connectivity index (χ1) is 17.1. The molecule has 4 aromatic heterocycles. The Morgan fingerprint density at radius 2 is 1.80 bits per heavy atom. The van der Waals surface area contributed by atoms with Crippen molar-refractivity contribution in [3.05, 3.63) is 60.3 Å². The van der Waals surface area contributed by atoms with Crippen molar-refractivity contribution >= 4 is 0 Å². The van der Waals surface area contributed by atoms with Gasteiger partial charge in [-0.05, 0) is 50.2 Å². The molecule has 0 bridgehead atoms. The van der Waals surface area contributed by atoms with Crippen LogP contribution in [0.25, 0.3) is 22.7 Å². The molecule has 0 spiro atoms. The Morgan fingerprint density at radius 1 is 1.00 bits per heavy atom. The number of hydrogen-bond donors (Lipinski definition) is 1. The molecule has 4 aromatic rings. The molecule has 5 heterocycles. The average molecular weight is 473 g/mol.